The van der Waals surface area contributed by atoms with Gasteiger partial charge in [0.1, 0.15) is 0 Å². The van der Waals surface area contributed by atoms with Gasteiger partial charge in [0, 0.05) is 46.0 Å². The summed E-state index contributed by atoms with van der Waals surface area (Å²) in [4.78, 5) is 14.1. The van der Waals surface area contributed by atoms with E-state index in [1.165, 1.54) is 16.4 Å². The SMILES string of the molecule is COCCCN(C)C(=O)c1ccc(S(=O)(=O)N2CCCC2)cc1. The van der Waals surface area contributed by atoms with E-state index in [4.69, 9.17) is 4.74 Å². The molecule has 0 spiro atoms. The van der Waals surface area contributed by atoms with E-state index >= 15 is 0 Å². The maximum absolute atomic E-state index is 12.4. The van der Waals surface area contributed by atoms with E-state index in [0.717, 1.165) is 19.3 Å². The summed E-state index contributed by atoms with van der Waals surface area (Å²) in [7, 11) is -0.0717. The maximum atomic E-state index is 12.4. The fourth-order valence-corrected chi connectivity index (χ4v) is 4.13. The Morgan fingerprint density at radius 3 is 2.39 bits per heavy atom. The number of hydrogen-bond donors (Lipinski definition) is 0. The third-order valence-corrected chi connectivity index (χ3v) is 5.91. The standard InChI is InChI=1S/C16H24N2O4S/c1-17(10-5-13-22-2)16(19)14-6-8-15(9-7-14)23(20,21)18-11-3-4-12-18/h6-9H,3-5,10-13H2,1-2H3. The topological polar surface area (TPSA) is 66.9 Å². The summed E-state index contributed by atoms with van der Waals surface area (Å²) in [5.41, 5.74) is 0.491. The Labute approximate surface area is 138 Å². The van der Waals surface area contributed by atoms with Crippen LogP contribution in [0.3, 0.4) is 0 Å². The number of amides is 1. The molecular weight excluding hydrogens is 316 g/mol. The van der Waals surface area contributed by atoms with Crippen molar-refractivity contribution >= 4 is 15.9 Å². The fraction of sp³-hybridized carbons (Fsp3) is 0.562. The van der Waals surface area contributed by atoms with Crippen LogP contribution >= 0.6 is 0 Å². The first-order valence-electron chi connectivity index (χ1n) is 7.81. The highest BCUT2D eigenvalue weighted by molar-refractivity contribution is 7.89. The summed E-state index contributed by atoms with van der Waals surface area (Å²) in [6, 6.07) is 6.20. The molecule has 0 radical (unpaired) electrons. The molecule has 1 aliphatic rings. The smallest absolute Gasteiger partial charge is 0.253 e. The summed E-state index contributed by atoms with van der Waals surface area (Å²) < 4.78 is 31.4. The minimum Gasteiger partial charge on any atom is -0.385 e. The van der Waals surface area contributed by atoms with Gasteiger partial charge in [-0.2, -0.15) is 4.31 Å². The molecule has 0 atom stereocenters. The molecule has 6 nitrogen and oxygen atoms in total. The Bertz CT molecular complexity index is 622. The molecule has 1 aliphatic heterocycles. The molecule has 1 heterocycles. The molecule has 1 saturated heterocycles. The molecule has 1 aromatic carbocycles. The number of carbonyl (C=O) groups is 1. The zero-order chi connectivity index (χ0) is 16.9. The average molecular weight is 340 g/mol. The Morgan fingerprint density at radius 1 is 1.22 bits per heavy atom. The molecule has 2 rings (SSSR count). The number of rotatable bonds is 7. The second kappa shape index (κ2) is 7.90. The molecule has 0 N–H and O–H groups in total. The predicted octanol–water partition coefficient (Wildman–Crippen LogP) is 1.58. The highest BCUT2D eigenvalue weighted by Gasteiger charge is 2.27. The van der Waals surface area contributed by atoms with E-state index in [0.29, 0.717) is 31.8 Å². The fourth-order valence-electron chi connectivity index (χ4n) is 2.62. The molecule has 0 bridgehead atoms. The lowest BCUT2D eigenvalue weighted by atomic mass is 10.2. The van der Waals surface area contributed by atoms with Gasteiger partial charge in [0.05, 0.1) is 4.90 Å². The molecule has 23 heavy (non-hydrogen) atoms. The van der Waals surface area contributed by atoms with E-state index in [1.54, 1.807) is 31.2 Å². The van der Waals surface area contributed by atoms with E-state index in [2.05, 4.69) is 0 Å². The van der Waals surface area contributed by atoms with Crippen LogP contribution < -0.4 is 0 Å². The highest BCUT2D eigenvalue weighted by Crippen LogP contribution is 2.21. The molecule has 0 unspecified atom stereocenters. The van der Waals surface area contributed by atoms with Crippen molar-refractivity contribution in [1.29, 1.82) is 0 Å². The number of carbonyl (C=O) groups excluding carboxylic acids is 1. The van der Waals surface area contributed by atoms with Crippen LogP contribution in [0.25, 0.3) is 0 Å². The number of benzene rings is 1. The van der Waals surface area contributed by atoms with Gasteiger partial charge < -0.3 is 9.64 Å². The first-order chi connectivity index (χ1) is 11.0. The van der Waals surface area contributed by atoms with Gasteiger partial charge in [0.2, 0.25) is 10.0 Å². The van der Waals surface area contributed by atoms with Crippen LogP contribution in [0.15, 0.2) is 29.2 Å². The third-order valence-electron chi connectivity index (χ3n) is 3.99. The minimum atomic E-state index is -3.43. The van der Waals surface area contributed by atoms with Crippen molar-refractivity contribution in [3.05, 3.63) is 29.8 Å². The van der Waals surface area contributed by atoms with Crippen molar-refractivity contribution in [2.24, 2.45) is 0 Å². The van der Waals surface area contributed by atoms with Gasteiger partial charge in [0.15, 0.2) is 0 Å². The number of sulfonamides is 1. The summed E-state index contributed by atoms with van der Waals surface area (Å²) in [6.45, 7) is 2.35. The van der Waals surface area contributed by atoms with Crippen molar-refractivity contribution in [2.75, 3.05) is 40.4 Å². The molecule has 0 aliphatic carbocycles. The van der Waals surface area contributed by atoms with Crippen LogP contribution in [0.5, 0.6) is 0 Å². The van der Waals surface area contributed by atoms with Gasteiger partial charge >= 0.3 is 0 Å². The molecule has 7 heteroatoms. The van der Waals surface area contributed by atoms with Crippen LogP contribution in [-0.2, 0) is 14.8 Å². The van der Waals surface area contributed by atoms with Crippen LogP contribution in [0.2, 0.25) is 0 Å². The van der Waals surface area contributed by atoms with Gasteiger partial charge in [-0.1, -0.05) is 0 Å². The Hall–Kier alpha value is -1.44. The number of ether oxygens (including phenoxy) is 1. The van der Waals surface area contributed by atoms with Crippen molar-refractivity contribution in [2.45, 2.75) is 24.2 Å². The van der Waals surface area contributed by atoms with Crippen LogP contribution in [0.1, 0.15) is 29.6 Å². The first-order valence-corrected chi connectivity index (χ1v) is 9.25. The minimum absolute atomic E-state index is 0.119. The average Bonchev–Trinajstić information content (AvgIpc) is 3.09. The Kier molecular flexibility index (Phi) is 6.15. The predicted molar refractivity (Wildman–Crippen MR) is 87.9 cm³/mol. The van der Waals surface area contributed by atoms with Crippen molar-refractivity contribution in [1.82, 2.24) is 9.21 Å². The summed E-state index contributed by atoms with van der Waals surface area (Å²) in [5.74, 6) is -0.119. The van der Waals surface area contributed by atoms with E-state index in [1.807, 2.05) is 0 Å². The number of hydrogen-bond acceptors (Lipinski definition) is 4. The first kappa shape index (κ1) is 17.9. The molecule has 0 saturated carbocycles. The Morgan fingerprint density at radius 2 is 1.83 bits per heavy atom. The third kappa shape index (κ3) is 4.31. The van der Waals surface area contributed by atoms with E-state index in [-0.39, 0.29) is 10.8 Å². The summed E-state index contributed by atoms with van der Waals surface area (Å²) in [6.07, 6.45) is 2.57. The quantitative estimate of drug-likeness (QED) is 0.707. The molecule has 1 fully saturated rings. The van der Waals surface area contributed by atoms with Gasteiger partial charge in [-0.15, -0.1) is 0 Å². The zero-order valence-electron chi connectivity index (χ0n) is 13.7. The lowest BCUT2D eigenvalue weighted by Crippen LogP contribution is -2.29. The van der Waals surface area contributed by atoms with Gasteiger partial charge in [-0.05, 0) is 43.5 Å². The lowest BCUT2D eigenvalue weighted by Gasteiger charge is -2.18. The highest BCUT2D eigenvalue weighted by atomic mass is 32.2. The van der Waals surface area contributed by atoms with Crippen molar-refractivity contribution in [3.8, 4) is 0 Å². The lowest BCUT2D eigenvalue weighted by molar-refractivity contribution is 0.0779. The molecular formula is C16H24N2O4S. The normalized spacial score (nSPS) is 15.7. The molecule has 1 aromatic rings. The Balaban J connectivity index is 2.05. The number of nitrogens with zero attached hydrogens (tertiary/aromatic N) is 2. The molecule has 0 aromatic heterocycles. The zero-order valence-corrected chi connectivity index (χ0v) is 14.5. The van der Waals surface area contributed by atoms with Crippen LogP contribution in [0, 0.1) is 0 Å². The largest absolute Gasteiger partial charge is 0.385 e. The van der Waals surface area contributed by atoms with E-state index in [9.17, 15) is 13.2 Å². The second-order valence-corrected chi connectivity index (χ2v) is 7.65. The molecule has 128 valence electrons. The van der Waals surface area contributed by atoms with Gasteiger partial charge in [-0.3, -0.25) is 4.79 Å². The van der Waals surface area contributed by atoms with Crippen molar-refractivity contribution in [3.63, 3.8) is 0 Å². The maximum Gasteiger partial charge on any atom is 0.253 e. The molecule has 1 amide bonds. The number of methoxy groups -OCH3 is 1. The summed E-state index contributed by atoms with van der Waals surface area (Å²) in [5, 5.41) is 0. The van der Waals surface area contributed by atoms with Crippen molar-refractivity contribution < 1.29 is 17.9 Å². The monoisotopic (exact) mass is 340 g/mol. The van der Waals surface area contributed by atoms with Crippen LogP contribution in [-0.4, -0.2) is 63.9 Å². The summed E-state index contributed by atoms with van der Waals surface area (Å²) >= 11 is 0. The van der Waals surface area contributed by atoms with E-state index < -0.39 is 10.0 Å². The van der Waals surface area contributed by atoms with Gasteiger partial charge in [0.25, 0.3) is 5.91 Å². The second-order valence-electron chi connectivity index (χ2n) is 5.71. The van der Waals surface area contributed by atoms with Crippen LogP contribution in [0.4, 0.5) is 0 Å². The van der Waals surface area contributed by atoms with Gasteiger partial charge in [-0.25, -0.2) is 8.42 Å².